The van der Waals surface area contributed by atoms with Gasteiger partial charge in [-0.3, -0.25) is 9.59 Å². The van der Waals surface area contributed by atoms with Crippen LogP contribution in [0.5, 0.6) is 0 Å². The van der Waals surface area contributed by atoms with E-state index in [0.717, 1.165) is 6.07 Å². The summed E-state index contributed by atoms with van der Waals surface area (Å²) in [5.41, 5.74) is -2.21. The molecule has 5 nitrogen and oxygen atoms in total. The van der Waals surface area contributed by atoms with Gasteiger partial charge in [-0.2, -0.15) is 13.2 Å². The van der Waals surface area contributed by atoms with E-state index in [4.69, 9.17) is 5.11 Å². The highest BCUT2D eigenvalue weighted by Gasteiger charge is 2.35. The Labute approximate surface area is 117 Å². The van der Waals surface area contributed by atoms with Gasteiger partial charge in [-0.15, -0.1) is 0 Å². The van der Waals surface area contributed by atoms with Crippen LogP contribution < -0.4 is 4.90 Å². The second-order valence-corrected chi connectivity index (χ2v) is 4.51. The van der Waals surface area contributed by atoms with E-state index in [9.17, 15) is 27.6 Å². The number of anilines is 1. The van der Waals surface area contributed by atoms with E-state index in [2.05, 4.69) is 0 Å². The molecule has 0 saturated carbocycles. The molecule has 1 fully saturated rings. The molecular formula is C13H10F3NO4. The molecule has 112 valence electrons. The first kappa shape index (κ1) is 15.0. The lowest BCUT2D eigenvalue weighted by Crippen LogP contribution is -2.41. The number of nitrogens with zero attached hydrogens (tertiary/aromatic N) is 1. The molecule has 21 heavy (non-hydrogen) atoms. The van der Waals surface area contributed by atoms with Gasteiger partial charge in [-0.25, -0.2) is 9.69 Å². The maximum atomic E-state index is 12.6. The third-order valence-electron chi connectivity index (χ3n) is 3.08. The number of carbonyl (C=O) groups excluding carboxylic acids is 2. The molecule has 2 rings (SSSR count). The fourth-order valence-electron chi connectivity index (χ4n) is 2.10. The molecule has 1 aromatic rings. The van der Waals surface area contributed by atoms with Crippen LogP contribution in [-0.4, -0.2) is 22.9 Å². The number of hydrogen-bond acceptors (Lipinski definition) is 3. The minimum absolute atomic E-state index is 0.0474. The molecule has 1 heterocycles. The van der Waals surface area contributed by atoms with Crippen LogP contribution in [0.3, 0.4) is 0 Å². The van der Waals surface area contributed by atoms with E-state index >= 15 is 0 Å². The van der Waals surface area contributed by atoms with E-state index in [0.29, 0.717) is 23.5 Å². The summed E-state index contributed by atoms with van der Waals surface area (Å²) in [4.78, 5) is 35.3. The number of hydrogen-bond donors (Lipinski definition) is 1. The van der Waals surface area contributed by atoms with Gasteiger partial charge >= 0.3 is 12.1 Å². The fraction of sp³-hybridized carbons (Fsp3) is 0.308. The average molecular weight is 301 g/mol. The largest absolute Gasteiger partial charge is 0.478 e. The van der Waals surface area contributed by atoms with Gasteiger partial charge in [0.2, 0.25) is 11.8 Å². The highest BCUT2D eigenvalue weighted by molar-refractivity contribution is 6.18. The van der Waals surface area contributed by atoms with Crippen LogP contribution in [0.4, 0.5) is 18.9 Å². The number of piperidine rings is 1. The van der Waals surface area contributed by atoms with Crippen molar-refractivity contribution < 1.29 is 32.7 Å². The highest BCUT2D eigenvalue weighted by Crippen LogP contribution is 2.34. The number of carboxylic acids is 1. The number of rotatable bonds is 2. The van der Waals surface area contributed by atoms with Crippen molar-refractivity contribution in [3.63, 3.8) is 0 Å². The molecule has 0 aromatic heterocycles. The number of carbonyl (C=O) groups is 3. The summed E-state index contributed by atoms with van der Waals surface area (Å²) in [5, 5.41) is 9.04. The zero-order valence-electron chi connectivity index (χ0n) is 10.6. The number of halogens is 3. The van der Waals surface area contributed by atoms with Gasteiger partial charge in [0.05, 0.1) is 16.8 Å². The standard InChI is InChI=1S/C13H10F3NO4/c14-13(15,16)7-4-5-9(8(6-7)12(20)21)17-10(18)2-1-3-11(17)19/h4-6H,1-3H2,(H,20,21). The Morgan fingerprint density at radius 2 is 1.71 bits per heavy atom. The van der Waals surface area contributed by atoms with Crippen molar-refractivity contribution >= 4 is 23.5 Å². The van der Waals surface area contributed by atoms with Gasteiger partial charge in [-0.1, -0.05) is 0 Å². The number of benzene rings is 1. The first-order chi connectivity index (χ1) is 9.71. The lowest BCUT2D eigenvalue weighted by Gasteiger charge is -2.26. The average Bonchev–Trinajstić information content (AvgIpc) is 2.37. The van der Waals surface area contributed by atoms with Crippen molar-refractivity contribution in [2.75, 3.05) is 4.90 Å². The summed E-state index contributed by atoms with van der Waals surface area (Å²) < 4.78 is 37.9. The predicted molar refractivity (Wildman–Crippen MR) is 64.7 cm³/mol. The van der Waals surface area contributed by atoms with Gasteiger partial charge in [0.25, 0.3) is 0 Å². The van der Waals surface area contributed by atoms with Gasteiger partial charge in [0, 0.05) is 12.8 Å². The summed E-state index contributed by atoms with van der Waals surface area (Å²) >= 11 is 0. The molecule has 1 aromatic carbocycles. The topological polar surface area (TPSA) is 74.7 Å². The molecule has 1 N–H and O–H groups in total. The molecule has 0 radical (unpaired) electrons. The van der Waals surface area contributed by atoms with Crippen LogP contribution in [0.25, 0.3) is 0 Å². The number of carboxylic acid groups (broad SMARTS) is 1. The van der Waals surface area contributed by atoms with Crippen molar-refractivity contribution in [2.24, 2.45) is 0 Å². The number of amides is 2. The maximum Gasteiger partial charge on any atom is 0.416 e. The van der Waals surface area contributed by atoms with Crippen molar-refractivity contribution in [1.82, 2.24) is 0 Å². The Bertz CT molecular complexity index is 608. The zero-order valence-corrected chi connectivity index (χ0v) is 10.6. The van der Waals surface area contributed by atoms with Crippen LogP contribution >= 0.6 is 0 Å². The molecule has 2 amide bonds. The predicted octanol–water partition coefficient (Wildman–Crippen LogP) is 2.45. The fourth-order valence-corrected chi connectivity index (χ4v) is 2.10. The monoisotopic (exact) mass is 301 g/mol. The first-order valence-electron chi connectivity index (χ1n) is 6.02. The smallest absolute Gasteiger partial charge is 0.416 e. The SMILES string of the molecule is O=C(O)c1cc(C(F)(F)F)ccc1N1C(=O)CCCC1=O. The second-order valence-electron chi connectivity index (χ2n) is 4.51. The molecule has 0 unspecified atom stereocenters. The van der Waals surface area contributed by atoms with Crippen molar-refractivity contribution in [3.8, 4) is 0 Å². The van der Waals surface area contributed by atoms with E-state index in [1.807, 2.05) is 0 Å². The van der Waals surface area contributed by atoms with E-state index < -0.39 is 35.1 Å². The number of aromatic carboxylic acids is 1. The first-order valence-corrected chi connectivity index (χ1v) is 6.02. The number of imide groups is 1. The lowest BCUT2D eigenvalue weighted by atomic mass is 10.0. The molecule has 1 aliphatic heterocycles. The zero-order chi connectivity index (χ0) is 15.8. The number of alkyl halides is 3. The molecule has 1 saturated heterocycles. The Balaban J connectivity index is 2.55. The lowest BCUT2D eigenvalue weighted by molar-refractivity contribution is -0.137. The summed E-state index contributed by atoms with van der Waals surface area (Å²) in [6.07, 6.45) is -4.27. The van der Waals surface area contributed by atoms with Crippen molar-refractivity contribution in [2.45, 2.75) is 25.4 Å². The summed E-state index contributed by atoms with van der Waals surface area (Å²) in [6.45, 7) is 0. The van der Waals surface area contributed by atoms with Crippen molar-refractivity contribution in [1.29, 1.82) is 0 Å². The minimum Gasteiger partial charge on any atom is -0.478 e. The summed E-state index contributed by atoms with van der Waals surface area (Å²) in [6, 6.07) is 1.91. The van der Waals surface area contributed by atoms with Crippen LogP contribution in [0.2, 0.25) is 0 Å². The van der Waals surface area contributed by atoms with E-state index in [1.54, 1.807) is 0 Å². The third kappa shape index (κ3) is 2.88. The Morgan fingerprint density at radius 1 is 1.14 bits per heavy atom. The Hall–Kier alpha value is -2.38. The van der Waals surface area contributed by atoms with Gasteiger partial charge in [0.15, 0.2) is 0 Å². The minimum atomic E-state index is -4.71. The summed E-state index contributed by atoms with van der Waals surface area (Å²) in [5.74, 6) is -2.87. The van der Waals surface area contributed by atoms with E-state index in [1.165, 1.54) is 0 Å². The van der Waals surface area contributed by atoms with Gasteiger partial charge < -0.3 is 5.11 Å². The van der Waals surface area contributed by atoms with Gasteiger partial charge in [0.1, 0.15) is 0 Å². The molecule has 0 bridgehead atoms. The molecule has 0 aliphatic carbocycles. The molecule has 8 heteroatoms. The normalized spacial score (nSPS) is 16.2. The van der Waals surface area contributed by atoms with Crippen LogP contribution in [0.15, 0.2) is 18.2 Å². The molecule has 1 aliphatic rings. The van der Waals surface area contributed by atoms with Crippen LogP contribution in [-0.2, 0) is 15.8 Å². The molecular weight excluding hydrogens is 291 g/mol. The van der Waals surface area contributed by atoms with Crippen LogP contribution in [0.1, 0.15) is 35.2 Å². The third-order valence-corrected chi connectivity index (χ3v) is 3.08. The Morgan fingerprint density at radius 3 is 2.19 bits per heavy atom. The quantitative estimate of drug-likeness (QED) is 0.851. The molecule has 0 atom stereocenters. The summed E-state index contributed by atoms with van der Waals surface area (Å²) in [7, 11) is 0. The van der Waals surface area contributed by atoms with E-state index in [-0.39, 0.29) is 18.5 Å². The maximum absolute atomic E-state index is 12.6. The van der Waals surface area contributed by atoms with Gasteiger partial charge in [-0.05, 0) is 24.6 Å². The van der Waals surface area contributed by atoms with Crippen molar-refractivity contribution in [3.05, 3.63) is 29.3 Å². The van der Waals surface area contributed by atoms with Crippen LogP contribution in [0, 0.1) is 0 Å². The molecule has 0 spiro atoms. The Kier molecular flexibility index (Phi) is 3.71. The second kappa shape index (κ2) is 5.19. The highest BCUT2D eigenvalue weighted by atomic mass is 19.4.